The van der Waals surface area contributed by atoms with Crippen LogP contribution in [0.3, 0.4) is 0 Å². The van der Waals surface area contributed by atoms with Crippen LogP contribution in [0.1, 0.15) is 32.7 Å². The van der Waals surface area contributed by atoms with Gasteiger partial charge in [0.2, 0.25) is 5.91 Å². The van der Waals surface area contributed by atoms with Gasteiger partial charge in [0.15, 0.2) is 0 Å². The summed E-state index contributed by atoms with van der Waals surface area (Å²) in [4.78, 5) is 41.9. The lowest BCUT2D eigenvalue weighted by Gasteiger charge is -2.13. The van der Waals surface area contributed by atoms with Gasteiger partial charge in [0.1, 0.15) is 0 Å². The number of nitrogens with two attached hydrogens (primary N) is 1. The summed E-state index contributed by atoms with van der Waals surface area (Å²) in [6.07, 6.45) is 1.71. The van der Waals surface area contributed by atoms with E-state index >= 15 is 0 Å². The molecule has 28 heavy (non-hydrogen) atoms. The average Bonchev–Trinajstić information content (AvgIpc) is 2.92. The van der Waals surface area contributed by atoms with Crippen molar-refractivity contribution >= 4 is 45.6 Å². The van der Waals surface area contributed by atoms with E-state index in [-0.39, 0.29) is 30.7 Å². The number of hydrogen-bond acceptors (Lipinski definition) is 5. The lowest BCUT2D eigenvalue weighted by molar-refractivity contribution is -0.121. The van der Waals surface area contributed by atoms with Crippen molar-refractivity contribution in [2.75, 3.05) is 25.4 Å². The standard InChI is InChI=1S/C20H19BrN4O3/c21-16-6-3-7-17(22)15(16)12-23-9-10-24-18(26)8-11-25-19(27)13-4-1-2-5-14(13)20(25)28/h1-7,12H,8-11,22H2,(H,24,26). The second-order valence-electron chi connectivity index (χ2n) is 6.19. The number of fused-ring (bicyclic) bond motifs is 1. The van der Waals surface area contributed by atoms with Gasteiger partial charge in [-0.1, -0.05) is 34.1 Å². The van der Waals surface area contributed by atoms with Crippen LogP contribution in [0, 0.1) is 0 Å². The van der Waals surface area contributed by atoms with Crippen molar-refractivity contribution < 1.29 is 14.4 Å². The van der Waals surface area contributed by atoms with Crippen LogP contribution in [0.2, 0.25) is 0 Å². The number of benzene rings is 2. The van der Waals surface area contributed by atoms with Gasteiger partial charge in [0, 0.05) is 41.4 Å². The smallest absolute Gasteiger partial charge is 0.261 e. The Kier molecular flexibility index (Phi) is 6.20. The Labute approximate surface area is 170 Å². The van der Waals surface area contributed by atoms with Crippen molar-refractivity contribution in [2.24, 2.45) is 4.99 Å². The van der Waals surface area contributed by atoms with Gasteiger partial charge in [-0.15, -0.1) is 0 Å². The molecule has 0 atom stereocenters. The summed E-state index contributed by atoms with van der Waals surface area (Å²) < 4.78 is 0.848. The van der Waals surface area contributed by atoms with E-state index in [1.807, 2.05) is 12.1 Å². The molecule has 8 heteroatoms. The van der Waals surface area contributed by atoms with E-state index in [1.165, 1.54) is 0 Å². The van der Waals surface area contributed by atoms with Gasteiger partial charge in [-0.2, -0.15) is 0 Å². The fourth-order valence-electron chi connectivity index (χ4n) is 2.85. The zero-order chi connectivity index (χ0) is 20.1. The molecule has 0 saturated heterocycles. The van der Waals surface area contributed by atoms with Gasteiger partial charge in [-0.3, -0.25) is 24.3 Å². The molecular formula is C20H19BrN4O3. The number of nitrogen functional groups attached to an aromatic ring is 1. The summed E-state index contributed by atoms with van der Waals surface area (Å²) in [6.45, 7) is 0.788. The van der Waals surface area contributed by atoms with E-state index in [0.717, 1.165) is 14.9 Å². The van der Waals surface area contributed by atoms with E-state index in [4.69, 9.17) is 5.73 Å². The Morgan fingerprint density at radius 2 is 1.79 bits per heavy atom. The van der Waals surface area contributed by atoms with Crippen molar-refractivity contribution in [1.82, 2.24) is 10.2 Å². The molecule has 3 rings (SSSR count). The number of aliphatic imine (C=N–C) groups is 1. The third-order valence-electron chi connectivity index (χ3n) is 4.31. The van der Waals surface area contributed by atoms with Gasteiger partial charge in [-0.05, 0) is 24.3 Å². The molecule has 2 aromatic carbocycles. The summed E-state index contributed by atoms with van der Waals surface area (Å²) in [6, 6.07) is 12.2. The number of nitrogens with one attached hydrogen (secondary N) is 1. The van der Waals surface area contributed by atoms with Gasteiger partial charge in [0.25, 0.3) is 11.8 Å². The molecule has 0 fully saturated rings. The molecule has 0 aromatic heterocycles. The van der Waals surface area contributed by atoms with E-state index in [2.05, 4.69) is 26.2 Å². The van der Waals surface area contributed by atoms with Gasteiger partial charge in [-0.25, -0.2) is 0 Å². The molecule has 0 spiro atoms. The molecule has 0 aliphatic carbocycles. The number of carbonyl (C=O) groups is 3. The molecule has 0 radical (unpaired) electrons. The van der Waals surface area contributed by atoms with Crippen LogP contribution < -0.4 is 11.1 Å². The van der Waals surface area contributed by atoms with E-state index in [9.17, 15) is 14.4 Å². The van der Waals surface area contributed by atoms with Crippen molar-refractivity contribution in [1.29, 1.82) is 0 Å². The third-order valence-corrected chi connectivity index (χ3v) is 5.00. The first-order chi connectivity index (χ1) is 13.5. The largest absolute Gasteiger partial charge is 0.398 e. The van der Waals surface area contributed by atoms with E-state index in [1.54, 1.807) is 36.5 Å². The number of imide groups is 1. The van der Waals surface area contributed by atoms with Crippen molar-refractivity contribution in [3.05, 3.63) is 63.6 Å². The Balaban J connectivity index is 1.43. The summed E-state index contributed by atoms with van der Waals surface area (Å²) >= 11 is 3.41. The summed E-state index contributed by atoms with van der Waals surface area (Å²) in [5, 5.41) is 2.73. The van der Waals surface area contributed by atoms with Gasteiger partial charge < -0.3 is 11.1 Å². The molecule has 0 unspecified atom stereocenters. The van der Waals surface area contributed by atoms with Gasteiger partial charge in [0.05, 0.1) is 17.7 Å². The Morgan fingerprint density at radius 1 is 1.11 bits per heavy atom. The maximum atomic E-state index is 12.2. The highest BCUT2D eigenvalue weighted by molar-refractivity contribution is 9.10. The molecule has 3 amide bonds. The first-order valence-electron chi connectivity index (χ1n) is 8.75. The highest BCUT2D eigenvalue weighted by atomic mass is 79.9. The average molecular weight is 443 g/mol. The number of hydrogen-bond donors (Lipinski definition) is 2. The monoisotopic (exact) mass is 442 g/mol. The van der Waals surface area contributed by atoms with Crippen molar-refractivity contribution in [2.45, 2.75) is 6.42 Å². The first kappa shape index (κ1) is 19.8. The highest BCUT2D eigenvalue weighted by Gasteiger charge is 2.34. The maximum absolute atomic E-state index is 12.2. The number of nitrogens with zero attached hydrogens (tertiary/aromatic N) is 2. The zero-order valence-corrected chi connectivity index (χ0v) is 16.6. The van der Waals surface area contributed by atoms with Crippen molar-refractivity contribution in [3.63, 3.8) is 0 Å². The maximum Gasteiger partial charge on any atom is 0.261 e. The molecule has 1 aliphatic heterocycles. The fourth-order valence-corrected chi connectivity index (χ4v) is 3.33. The number of carbonyl (C=O) groups excluding carboxylic acids is 3. The lowest BCUT2D eigenvalue weighted by Crippen LogP contribution is -2.35. The molecule has 2 aromatic rings. The minimum Gasteiger partial charge on any atom is -0.398 e. The third kappa shape index (κ3) is 4.28. The van der Waals surface area contributed by atoms with Crippen LogP contribution in [-0.2, 0) is 4.79 Å². The van der Waals surface area contributed by atoms with E-state index in [0.29, 0.717) is 29.9 Å². The molecule has 1 aliphatic rings. The van der Waals surface area contributed by atoms with Gasteiger partial charge >= 0.3 is 0 Å². The number of halogens is 1. The molecule has 3 N–H and O–H groups in total. The highest BCUT2D eigenvalue weighted by Crippen LogP contribution is 2.22. The van der Waals surface area contributed by atoms with Crippen LogP contribution >= 0.6 is 15.9 Å². The lowest BCUT2D eigenvalue weighted by atomic mass is 10.1. The number of anilines is 1. The topological polar surface area (TPSA) is 105 Å². The molecular weight excluding hydrogens is 424 g/mol. The quantitative estimate of drug-likeness (QED) is 0.296. The van der Waals surface area contributed by atoms with Crippen LogP contribution in [0.25, 0.3) is 0 Å². The van der Waals surface area contributed by atoms with Crippen LogP contribution in [-0.4, -0.2) is 48.5 Å². The molecule has 1 heterocycles. The predicted octanol–water partition coefficient (Wildman–Crippen LogP) is 2.25. The van der Waals surface area contributed by atoms with Crippen molar-refractivity contribution in [3.8, 4) is 0 Å². The molecule has 7 nitrogen and oxygen atoms in total. The summed E-state index contributed by atoms with van der Waals surface area (Å²) in [7, 11) is 0. The minimum absolute atomic E-state index is 0.0480. The normalized spacial score (nSPS) is 13.2. The Hall–Kier alpha value is -3.00. The Morgan fingerprint density at radius 3 is 2.43 bits per heavy atom. The summed E-state index contributed by atoms with van der Waals surface area (Å²) in [5.74, 6) is -0.958. The van der Waals surface area contributed by atoms with Crippen LogP contribution in [0.5, 0.6) is 0 Å². The predicted molar refractivity (Wildman–Crippen MR) is 110 cm³/mol. The second-order valence-corrected chi connectivity index (χ2v) is 7.04. The van der Waals surface area contributed by atoms with Crippen LogP contribution in [0.4, 0.5) is 5.69 Å². The second kappa shape index (κ2) is 8.79. The fraction of sp³-hybridized carbons (Fsp3) is 0.200. The zero-order valence-electron chi connectivity index (χ0n) is 15.0. The van der Waals surface area contributed by atoms with E-state index < -0.39 is 0 Å². The number of rotatable bonds is 7. The van der Waals surface area contributed by atoms with Crippen LogP contribution in [0.15, 0.2) is 51.9 Å². The number of amides is 3. The minimum atomic E-state index is -0.357. The molecule has 144 valence electrons. The SMILES string of the molecule is Nc1cccc(Br)c1C=NCCNC(=O)CCN1C(=O)c2ccccc2C1=O. The molecule has 0 bridgehead atoms. The Bertz CT molecular complexity index is 903. The molecule has 0 saturated carbocycles. The first-order valence-corrected chi connectivity index (χ1v) is 9.54. The summed E-state index contributed by atoms with van der Waals surface area (Å²) in [5.41, 5.74) is 8.06.